The van der Waals surface area contributed by atoms with Crippen LogP contribution in [-0.2, 0) is 4.79 Å². The van der Waals surface area contributed by atoms with E-state index in [1.54, 1.807) is 55.6 Å². The molecular formula is C26H20N2O5S. The monoisotopic (exact) mass is 472 g/mol. The van der Waals surface area contributed by atoms with Crippen molar-refractivity contribution in [2.75, 3.05) is 7.11 Å². The Labute approximate surface area is 200 Å². The first-order chi connectivity index (χ1) is 16.5. The highest BCUT2D eigenvalue weighted by atomic mass is 32.1. The zero-order valence-electron chi connectivity index (χ0n) is 18.1. The number of rotatable bonds is 7. The standard InChI is InChI=1S/C26H20N2O5S/c1-32-20-11-7-17(8-12-20)18(16-29)15-23-24(30)27-26(34)28(25(23)31)19-9-13-22(14-10-19)33-21-5-3-2-4-6-21/h2-16,31H,1H3,(H,27,30,34). The fraction of sp³-hybridized carbons (Fsp3) is 0.0385. The molecule has 0 fully saturated rings. The molecule has 4 aromatic rings. The molecule has 0 atom stereocenters. The van der Waals surface area contributed by atoms with Crippen molar-refractivity contribution in [2.45, 2.75) is 0 Å². The van der Waals surface area contributed by atoms with Crippen LogP contribution in [0.2, 0.25) is 0 Å². The van der Waals surface area contributed by atoms with Gasteiger partial charge in [-0.2, -0.15) is 0 Å². The van der Waals surface area contributed by atoms with Crippen LogP contribution in [0, 0.1) is 4.77 Å². The second-order valence-electron chi connectivity index (χ2n) is 7.19. The maximum Gasteiger partial charge on any atom is 0.262 e. The predicted molar refractivity (Wildman–Crippen MR) is 132 cm³/mol. The Morgan fingerprint density at radius 3 is 2.18 bits per heavy atom. The molecule has 0 spiro atoms. The van der Waals surface area contributed by atoms with Crippen molar-refractivity contribution in [1.29, 1.82) is 0 Å². The molecule has 2 N–H and O–H groups in total. The van der Waals surface area contributed by atoms with Gasteiger partial charge in [-0.05, 0) is 72.4 Å². The molecule has 0 aliphatic rings. The lowest BCUT2D eigenvalue weighted by Crippen LogP contribution is -2.16. The zero-order valence-corrected chi connectivity index (χ0v) is 18.9. The number of aromatic nitrogens is 2. The van der Waals surface area contributed by atoms with Crippen LogP contribution in [0.15, 0.2) is 83.7 Å². The number of aromatic hydroxyl groups is 1. The van der Waals surface area contributed by atoms with Gasteiger partial charge >= 0.3 is 0 Å². The van der Waals surface area contributed by atoms with Crippen molar-refractivity contribution in [2.24, 2.45) is 0 Å². The van der Waals surface area contributed by atoms with Crippen molar-refractivity contribution < 1.29 is 19.4 Å². The average Bonchev–Trinajstić information content (AvgIpc) is 2.86. The molecule has 0 saturated carbocycles. The van der Waals surface area contributed by atoms with Crippen LogP contribution in [-0.4, -0.2) is 28.1 Å². The van der Waals surface area contributed by atoms with Crippen LogP contribution in [0.1, 0.15) is 11.1 Å². The number of methoxy groups -OCH3 is 1. The van der Waals surface area contributed by atoms with E-state index in [2.05, 4.69) is 4.98 Å². The van der Waals surface area contributed by atoms with E-state index >= 15 is 0 Å². The van der Waals surface area contributed by atoms with Crippen molar-refractivity contribution in [1.82, 2.24) is 9.55 Å². The van der Waals surface area contributed by atoms with E-state index in [1.165, 1.54) is 10.6 Å². The minimum atomic E-state index is -0.615. The Morgan fingerprint density at radius 1 is 0.941 bits per heavy atom. The molecule has 0 radical (unpaired) electrons. The molecule has 8 heteroatoms. The molecule has 1 heterocycles. The van der Waals surface area contributed by atoms with Crippen molar-refractivity contribution in [3.05, 3.63) is 105 Å². The number of para-hydroxylation sites is 1. The number of nitrogens with zero attached hydrogens (tertiary/aromatic N) is 1. The van der Waals surface area contributed by atoms with Gasteiger partial charge in [0.25, 0.3) is 5.56 Å². The van der Waals surface area contributed by atoms with Crippen molar-refractivity contribution >= 4 is 30.2 Å². The molecule has 0 bridgehead atoms. The van der Waals surface area contributed by atoms with E-state index in [-0.39, 0.29) is 15.9 Å². The molecule has 170 valence electrons. The van der Waals surface area contributed by atoms with E-state index in [1.807, 2.05) is 30.3 Å². The Hall–Kier alpha value is -4.43. The molecular weight excluding hydrogens is 452 g/mol. The topological polar surface area (TPSA) is 93.5 Å². The van der Waals surface area contributed by atoms with E-state index < -0.39 is 11.4 Å². The minimum Gasteiger partial charge on any atom is -0.497 e. The largest absolute Gasteiger partial charge is 0.497 e. The fourth-order valence-electron chi connectivity index (χ4n) is 3.32. The molecule has 0 aliphatic heterocycles. The quantitative estimate of drug-likeness (QED) is 0.220. The third kappa shape index (κ3) is 4.82. The third-order valence-corrected chi connectivity index (χ3v) is 5.33. The van der Waals surface area contributed by atoms with Crippen LogP contribution in [0.3, 0.4) is 0 Å². The highest BCUT2D eigenvalue weighted by Crippen LogP contribution is 2.27. The molecule has 0 unspecified atom stereocenters. The lowest BCUT2D eigenvalue weighted by atomic mass is 10.0. The van der Waals surface area contributed by atoms with Gasteiger partial charge in [0.2, 0.25) is 5.88 Å². The number of nitrogens with one attached hydrogen (secondary N) is 1. The van der Waals surface area contributed by atoms with Gasteiger partial charge < -0.3 is 14.6 Å². The van der Waals surface area contributed by atoms with Crippen LogP contribution in [0.25, 0.3) is 17.3 Å². The van der Waals surface area contributed by atoms with Gasteiger partial charge in [0.1, 0.15) is 22.8 Å². The Balaban J connectivity index is 1.72. The molecule has 1 aromatic heterocycles. The maximum atomic E-state index is 12.6. The second-order valence-corrected chi connectivity index (χ2v) is 7.57. The first-order valence-electron chi connectivity index (χ1n) is 10.2. The summed E-state index contributed by atoms with van der Waals surface area (Å²) in [6.07, 6.45) is 1.93. The van der Waals surface area contributed by atoms with E-state index in [9.17, 15) is 14.7 Å². The highest BCUT2D eigenvalue weighted by Gasteiger charge is 2.14. The minimum absolute atomic E-state index is 0.00785. The molecule has 4 rings (SSSR count). The summed E-state index contributed by atoms with van der Waals surface area (Å²) in [5, 5.41) is 10.9. The SMILES string of the molecule is COc1ccc(C(C=O)=Cc2c(O)n(-c3ccc(Oc4ccccc4)cc3)c(=S)[nH]c2=O)cc1. The number of carbonyl (C=O) groups is 1. The first kappa shape index (κ1) is 22.8. The van der Waals surface area contributed by atoms with Gasteiger partial charge in [-0.25, -0.2) is 0 Å². The maximum absolute atomic E-state index is 12.6. The number of ether oxygens (including phenoxy) is 2. The van der Waals surface area contributed by atoms with Crippen molar-refractivity contribution in [3.8, 4) is 28.8 Å². The molecule has 0 amide bonds. The number of aromatic amines is 1. The second kappa shape index (κ2) is 10.0. The number of benzene rings is 3. The van der Waals surface area contributed by atoms with Crippen LogP contribution in [0.4, 0.5) is 0 Å². The average molecular weight is 473 g/mol. The van der Waals surface area contributed by atoms with E-state index in [4.69, 9.17) is 21.7 Å². The Kier molecular flexibility index (Phi) is 6.70. The number of H-pyrrole nitrogens is 1. The van der Waals surface area contributed by atoms with Gasteiger partial charge in [0.15, 0.2) is 11.1 Å². The summed E-state index contributed by atoms with van der Waals surface area (Å²) >= 11 is 5.28. The molecule has 0 saturated heterocycles. The summed E-state index contributed by atoms with van der Waals surface area (Å²) < 4.78 is 12.2. The molecule has 3 aromatic carbocycles. The Morgan fingerprint density at radius 2 is 1.56 bits per heavy atom. The lowest BCUT2D eigenvalue weighted by Gasteiger charge is -2.13. The summed E-state index contributed by atoms with van der Waals surface area (Å²) in [5.41, 5.74) is 0.558. The first-order valence-corrected chi connectivity index (χ1v) is 10.6. The number of hydrogen-bond acceptors (Lipinski definition) is 6. The normalized spacial score (nSPS) is 11.1. The summed E-state index contributed by atoms with van der Waals surface area (Å²) in [7, 11) is 1.54. The van der Waals surface area contributed by atoms with E-state index in [0.717, 1.165) is 0 Å². The third-order valence-electron chi connectivity index (χ3n) is 5.04. The van der Waals surface area contributed by atoms with Gasteiger partial charge in [-0.15, -0.1) is 0 Å². The van der Waals surface area contributed by atoms with E-state index in [0.29, 0.717) is 34.8 Å². The Bertz CT molecular complexity index is 1450. The van der Waals surface area contributed by atoms with Gasteiger partial charge in [-0.3, -0.25) is 19.1 Å². The zero-order chi connectivity index (χ0) is 24.1. The molecule has 34 heavy (non-hydrogen) atoms. The molecule has 0 aliphatic carbocycles. The number of allylic oxidation sites excluding steroid dienone is 1. The summed E-state index contributed by atoms with van der Waals surface area (Å²) in [4.78, 5) is 26.9. The van der Waals surface area contributed by atoms with Gasteiger partial charge in [0.05, 0.1) is 12.8 Å². The smallest absolute Gasteiger partial charge is 0.262 e. The number of aldehydes is 1. The number of hydrogen-bond donors (Lipinski definition) is 2. The fourth-order valence-corrected chi connectivity index (χ4v) is 3.60. The van der Waals surface area contributed by atoms with Crippen molar-refractivity contribution in [3.63, 3.8) is 0 Å². The van der Waals surface area contributed by atoms with Crippen LogP contribution in [0.5, 0.6) is 23.1 Å². The van der Waals surface area contributed by atoms with Gasteiger partial charge in [-0.1, -0.05) is 30.3 Å². The van der Waals surface area contributed by atoms with Gasteiger partial charge in [0, 0.05) is 5.57 Å². The summed E-state index contributed by atoms with van der Waals surface area (Å²) in [6.45, 7) is 0. The lowest BCUT2D eigenvalue weighted by molar-refractivity contribution is -0.103. The molecule has 7 nitrogen and oxygen atoms in total. The van der Waals surface area contributed by atoms with Crippen LogP contribution < -0.4 is 15.0 Å². The highest BCUT2D eigenvalue weighted by molar-refractivity contribution is 7.71. The number of carbonyl (C=O) groups excluding carboxylic acids is 1. The summed E-state index contributed by atoms with van der Waals surface area (Å²) in [6, 6.07) is 22.9. The predicted octanol–water partition coefficient (Wildman–Crippen LogP) is 5.14. The van der Waals surface area contributed by atoms with Crippen LogP contribution >= 0.6 is 12.2 Å². The summed E-state index contributed by atoms with van der Waals surface area (Å²) in [5.74, 6) is 1.51.